The number of thiophene rings is 1. The normalized spacial score (nSPS) is 12.5. The third kappa shape index (κ3) is 4.13. The highest BCUT2D eigenvalue weighted by molar-refractivity contribution is 7.71. The molecule has 1 atom stereocenters. The maximum absolute atomic E-state index is 13.1. The number of nitrogens with zero attached hydrogens (tertiary/aromatic N) is 3. The van der Waals surface area contributed by atoms with Gasteiger partial charge in [-0.25, -0.2) is 0 Å². The van der Waals surface area contributed by atoms with Gasteiger partial charge in [0.1, 0.15) is 6.04 Å². The number of aromatic amines is 1. The lowest BCUT2D eigenvalue weighted by Crippen LogP contribution is -2.41. The lowest BCUT2D eigenvalue weighted by atomic mass is 10.2. The average molecular weight is 367 g/mol. The number of amides is 1. The van der Waals surface area contributed by atoms with Gasteiger partial charge in [-0.1, -0.05) is 25.8 Å². The molecule has 5 nitrogen and oxygen atoms in total. The first kappa shape index (κ1) is 18.9. The molecule has 1 unspecified atom stereocenters. The second kappa shape index (κ2) is 8.58. The molecule has 7 heteroatoms. The molecular formula is C17H26N4OS2. The second-order valence-corrected chi connectivity index (χ2v) is 7.54. The second-order valence-electron chi connectivity index (χ2n) is 6.21. The topological polar surface area (TPSA) is 53.9 Å². The maximum atomic E-state index is 13.1. The van der Waals surface area contributed by atoms with Crippen LogP contribution in [0.5, 0.6) is 0 Å². The molecule has 0 aliphatic rings. The summed E-state index contributed by atoms with van der Waals surface area (Å²) in [4.78, 5) is 16.0. The zero-order chi connectivity index (χ0) is 17.7. The van der Waals surface area contributed by atoms with Crippen LogP contribution in [-0.2, 0) is 4.79 Å². The quantitative estimate of drug-likeness (QED) is 0.546. The summed E-state index contributed by atoms with van der Waals surface area (Å²) in [6.45, 7) is 8.98. The first-order valence-electron chi connectivity index (χ1n) is 8.48. The fourth-order valence-corrected chi connectivity index (χ4v) is 3.75. The molecule has 24 heavy (non-hydrogen) atoms. The van der Waals surface area contributed by atoms with Crippen LogP contribution in [0, 0.1) is 4.77 Å². The van der Waals surface area contributed by atoms with Gasteiger partial charge in [0.05, 0.1) is 4.88 Å². The van der Waals surface area contributed by atoms with E-state index in [1.165, 1.54) is 0 Å². The van der Waals surface area contributed by atoms with Crippen molar-refractivity contribution in [1.29, 1.82) is 0 Å². The Balaban J connectivity index is 2.27. The number of unbranched alkanes of at least 4 members (excludes halogenated alkanes) is 2. The fraction of sp³-hybridized carbons (Fsp3) is 0.588. The average Bonchev–Trinajstić information content (AvgIpc) is 3.19. The van der Waals surface area contributed by atoms with Gasteiger partial charge in [0.25, 0.3) is 0 Å². The number of nitrogens with one attached hydrogen (secondary N) is 1. The van der Waals surface area contributed by atoms with Crippen LogP contribution in [0.3, 0.4) is 0 Å². The van der Waals surface area contributed by atoms with Gasteiger partial charge in [-0.3, -0.25) is 14.5 Å². The highest BCUT2D eigenvalue weighted by Gasteiger charge is 2.27. The molecule has 0 saturated heterocycles. The van der Waals surface area contributed by atoms with E-state index >= 15 is 0 Å². The third-order valence-electron chi connectivity index (χ3n) is 4.10. The molecule has 0 spiro atoms. The monoisotopic (exact) mass is 366 g/mol. The minimum Gasteiger partial charge on any atom is -0.338 e. The molecule has 0 aliphatic heterocycles. The maximum Gasteiger partial charge on any atom is 0.245 e. The Labute approximate surface area is 152 Å². The molecule has 132 valence electrons. The Bertz CT molecular complexity index is 702. The number of aromatic nitrogens is 3. The summed E-state index contributed by atoms with van der Waals surface area (Å²) in [6, 6.07) is 3.75. The lowest BCUT2D eigenvalue weighted by Gasteiger charge is -2.30. The van der Waals surface area contributed by atoms with Crippen LogP contribution in [0.15, 0.2) is 17.5 Å². The van der Waals surface area contributed by atoms with Crippen molar-refractivity contribution in [2.75, 3.05) is 6.54 Å². The van der Waals surface area contributed by atoms with E-state index in [-0.39, 0.29) is 18.0 Å². The summed E-state index contributed by atoms with van der Waals surface area (Å²) < 4.78 is 2.31. The van der Waals surface area contributed by atoms with Gasteiger partial charge in [-0.2, -0.15) is 5.10 Å². The SMILES string of the molecule is CCCCCN(C(=O)C(C)n1c(-c2cccs2)n[nH]c1=S)C(C)C. The predicted octanol–water partition coefficient (Wildman–Crippen LogP) is 4.66. The standard InChI is InChI=1S/C17H26N4OS2/c1-5-6-7-10-20(12(2)3)16(22)13(4)21-15(18-19-17(21)23)14-9-8-11-24-14/h8-9,11-13H,5-7,10H2,1-4H3,(H,19,23). The van der Waals surface area contributed by atoms with Crippen LogP contribution in [0.1, 0.15) is 53.0 Å². The Morgan fingerprint density at radius 1 is 1.42 bits per heavy atom. The van der Waals surface area contributed by atoms with Crippen molar-refractivity contribution in [3.63, 3.8) is 0 Å². The summed E-state index contributed by atoms with van der Waals surface area (Å²) >= 11 is 6.97. The molecule has 0 aromatic carbocycles. The molecule has 2 rings (SSSR count). The molecule has 0 aliphatic carbocycles. The first-order valence-corrected chi connectivity index (χ1v) is 9.77. The molecule has 1 N–H and O–H groups in total. The van der Waals surface area contributed by atoms with Gasteiger partial charge in [-0.15, -0.1) is 11.3 Å². The van der Waals surface area contributed by atoms with Crippen molar-refractivity contribution < 1.29 is 4.79 Å². The Hall–Kier alpha value is -1.47. The molecule has 1 amide bonds. The Morgan fingerprint density at radius 3 is 2.75 bits per heavy atom. The molecule has 0 fully saturated rings. The van der Waals surface area contributed by atoms with E-state index in [2.05, 4.69) is 31.0 Å². The van der Waals surface area contributed by atoms with Crippen LogP contribution in [0.25, 0.3) is 10.7 Å². The minimum atomic E-state index is -0.377. The van der Waals surface area contributed by atoms with Gasteiger partial charge in [0.2, 0.25) is 5.91 Å². The zero-order valence-electron chi connectivity index (χ0n) is 14.8. The molecule has 0 saturated carbocycles. The number of rotatable bonds is 8. The van der Waals surface area contributed by atoms with E-state index in [1.807, 2.05) is 33.9 Å². The van der Waals surface area contributed by atoms with E-state index in [0.29, 0.717) is 4.77 Å². The smallest absolute Gasteiger partial charge is 0.245 e. The van der Waals surface area contributed by atoms with E-state index in [0.717, 1.165) is 36.5 Å². The number of hydrogen-bond acceptors (Lipinski definition) is 4. The van der Waals surface area contributed by atoms with Gasteiger partial charge in [0.15, 0.2) is 10.6 Å². The zero-order valence-corrected chi connectivity index (χ0v) is 16.4. The minimum absolute atomic E-state index is 0.0939. The largest absolute Gasteiger partial charge is 0.338 e. The van der Waals surface area contributed by atoms with Crippen molar-refractivity contribution in [3.8, 4) is 10.7 Å². The van der Waals surface area contributed by atoms with Crippen molar-refractivity contribution in [1.82, 2.24) is 19.7 Å². The Kier molecular flexibility index (Phi) is 6.74. The van der Waals surface area contributed by atoms with Crippen molar-refractivity contribution in [2.24, 2.45) is 0 Å². The summed E-state index contributed by atoms with van der Waals surface area (Å²) in [5.74, 6) is 0.824. The summed E-state index contributed by atoms with van der Waals surface area (Å²) in [7, 11) is 0. The van der Waals surface area contributed by atoms with Crippen LogP contribution < -0.4 is 0 Å². The lowest BCUT2D eigenvalue weighted by molar-refractivity contribution is -0.136. The molecule has 0 radical (unpaired) electrons. The van der Waals surface area contributed by atoms with Gasteiger partial charge in [0, 0.05) is 12.6 Å². The number of carbonyl (C=O) groups is 1. The van der Waals surface area contributed by atoms with Gasteiger partial charge in [-0.05, 0) is 50.9 Å². The highest BCUT2D eigenvalue weighted by atomic mass is 32.1. The van der Waals surface area contributed by atoms with Crippen molar-refractivity contribution in [2.45, 2.75) is 59.0 Å². The number of H-pyrrole nitrogens is 1. The first-order chi connectivity index (χ1) is 11.5. The van der Waals surface area contributed by atoms with E-state index in [9.17, 15) is 4.79 Å². The van der Waals surface area contributed by atoms with Crippen LogP contribution in [0.4, 0.5) is 0 Å². The summed E-state index contributed by atoms with van der Waals surface area (Å²) in [5.41, 5.74) is 0. The van der Waals surface area contributed by atoms with Gasteiger partial charge >= 0.3 is 0 Å². The molecule has 2 aromatic rings. The van der Waals surface area contributed by atoms with E-state index in [4.69, 9.17) is 12.2 Å². The van der Waals surface area contributed by atoms with Crippen LogP contribution >= 0.6 is 23.6 Å². The predicted molar refractivity (Wildman–Crippen MR) is 102 cm³/mol. The molecule has 0 bridgehead atoms. The van der Waals surface area contributed by atoms with Gasteiger partial charge < -0.3 is 4.90 Å². The van der Waals surface area contributed by atoms with Crippen molar-refractivity contribution in [3.05, 3.63) is 22.3 Å². The number of hydrogen-bond donors (Lipinski definition) is 1. The Morgan fingerprint density at radius 2 is 2.17 bits per heavy atom. The molecular weight excluding hydrogens is 340 g/mol. The van der Waals surface area contributed by atoms with E-state index in [1.54, 1.807) is 11.3 Å². The third-order valence-corrected chi connectivity index (χ3v) is 5.25. The van der Waals surface area contributed by atoms with E-state index < -0.39 is 0 Å². The summed E-state index contributed by atoms with van der Waals surface area (Å²) in [6.07, 6.45) is 3.31. The van der Waals surface area contributed by atoms with Crippen LogP contribution in [0.2, 0.25) is 0 Å². The molecule has 2 aromatic heterocycles. The molecule has 2 heterocycles. The van der Waals surface area contributed by atoms with Crippen molar-refractivity contribution >= 4 is 29.5 Å². The highest BCUT2D eigenvalue weighted by Crippen LogP contribution is 2.26. The van der Waals surface area contributed by atoms with Crippen LogP contribution in [-0.4, -0.2) is 38.2 Å². The fourth-order valence-electron chi connectivity index (χ4n) is 2.75. The number of carbonyl (C=O) groups excluding carboxylic acids is 1. The summed E-state index contributed by atoms with van der Waals surface area (Å²) in [5, 5.41) is 9.16.